The number of nitrogens with one attached hydrogen (secondary N) is 1. The molecule has 1 N–H and O–H groups in total. The van der Waals surface area contributed by atoms with Crippen molar-refractivity contribution in [3.63, 3.8) is 0 Å². The number of rotatable bonds is 3. The second kappa shape index (κ2) is 5.55. The van der Waals surface area contributed by atoms with E-state index in [1.807, 2.05) is 6.07 Å². The summed E-state index contributed by atoms with van der Waals surface area (Å²) in [4.78, 5) is 11.2. The number of nitrogens with zero attached hydrogens (tertiary/aromatic N) is 1. The number of nitriles is 1. The van der Waals surface area contributed by atoms with Gasteiger partial charge in [0, 0.05) is 12.3 Å². The predicted molar refractivity (Wildman–Crippen MR) is 67.1 cm³/mol. The highest BCUT2D eigenvalue weighted by Crippen LogP contribution is 2.27. The maximum Gasteiger partial charge on any atom is 0.252 e. The summed E-state index contributed by atoms with van der Waals surface area (Å²) >= 11 is 17.4. The number of anilines is 1. The zero-order valence-electron chi connectivity index (χ0n) is 7.71. The molecule has 0 atom stereocenters. The predicted octanol–water partition coefficient (Wildman–Crippen LogP) is 3.48. The third kappa shape index (κ3) is 3.69. The number of ketones is 1. The Morgan fingerprint density at radius 1 is 1.56 bits per heavy atom. The molecule has 0 saturated carbocycles. The molecule has 0 bridgehead atoms. The first-order chi connectivity index (χ1) is 7.45. The molecule has 0 spiro atoms. The lowest BCUT2D eigenvalue weighted by molar-refractivity contribution is -0.113. The van der Waals surface area contributed by atoms with Gasteiger partial charge in [0.15, 0.2) is 0 Å². The summed E-state index contributed by atoms with van der Waals surface area (Å²) in [5.74, 6) is -0.653. The van der Waals surface area contributed by atoms with Crippen LogP contribution in [-0.4, -0.2) is 9.58 Å². The molecule has 16 heavy (non-hydrogen) atoms. The summed E-state index contributed by atoms with van der Waals surface area (Å²) < 4.78 is -1.95. The number of halogens is 3. The van der Waals surface area contributed by atoms with Gasteiger partial charge in [0.05, 0.1) is 5.56 Å². The molecule has 0 saturated heterocycles. The van der Waals surface area contributed by atoms with Crippen molar-refractivity contribution < 1.29 is 4.79 Å². The zero-order valence-corrected chi connectivity index (χ0v) is 10.8. The van der Waals surface area contributed by atoms with Crippen LogP contribution in [0.25, 0.3) is 0 Å². The van der Waals surface area contributed by atoms with E-state index < -0.39 is 9.58 Å². The van der Waals surface area contributed by atoms with Crippen molar-refractivity contribution in [2.24, 2.45) is 0 Å². The highest BCUT2D eigenvalue weighted by Gasteiger charge is 2.27. The fourth-order valence-corrected chi connectivity index (χ4v) is 1.70. The largest absolute Gasteiger partial charge is 0.352 e. The molecule has 0 aliphatic carbocycles. The molecule has 0 aromatic carbocycles. The van der Waals surface area contributed by atoms with Gasteiger partial charge in [0.25, 0.3) is 3.79 Å². The molecule has 0 amide bonds. The number of carbonyl (C=O) groups excluding carboxylic acids is 1. The molecule has 0 fully saturated rings. The molecule has 1 rings (SSSR count). The highest BCUT2D eigenvalue weighted by atomic mass is 35.6. The molecule has 84 valence electrons. The summed E-state index contributed by atoms with van der Waals surface area (Å²) in [7, 11) is 0. The molecule has 1 aromatic heterocycles. The molecule has 3 nitrogen and oxygen atoms in total. The van der Waals surface area contributed by atoms with Crippen molar-refractivity contribution in [1.29, 1.82) is 5.26 Å². The molecule has 0 unspecified atom stereocenters. The SMILES string of the molecule is N#Cc1ccsc1N/C=C\C(=O)C(Cl)(Cl)Cl. The van der Waals surface area contributed by atoms with Crippen LogP contribution in [0.4, 0.5) is 5.00 Å². The molecule has 1 aromatic rings. The monoisotopic (exact) mass is 294 g/mol. The van der Waals surface area contributed by atoms with Crippen molar-refractivity contribution in [1.82, 2.24) is 0 Å². The lowest BCUT2D eigenvalue weighted by Crippen LogP contribution is -2.15. The Morgan fingerprint density at radius 3 is 2.81 bits per heavy atom. The van der Waals surface area contributed by atoms with E-state index in [-0.39, 0.29) is 0 Å². The molecule has 1 heterocycles. The van der Waals surface area contributed by atoms with Crippen LogP contribution in [0.3, 0.4) is 0 Å². The summed E-state index contributed by atoms with van der Waals surface area (Å²) in [6.07, 6.45) is 2.44. The van der Waals surface area contributed by atoms with E-state index in [4.69, 9.17) is 40.1 Å². The topological polar surface area (TPSA) is 52.9 Å². The third-order valence-electron chi connectivity index (χ3n) is 1.51. The first-order valence-corrected chi connectivity index (χ1v) is 5.98. The number of hydrogen-bond acceptors (Lipinski definition) is 4. The second-order valence-electron chi connectivity index (χ2n) is 2.61. The molecule has 7 heteroatoms. The van der Waals surface area contributed by atoms with Gasteiger partial charge in [-0.3, -0.25) is 4.79 Å². The Kier molecular flexibility index (Phi) is 4.63. The Morgan fingerprint density at radius 2 is 2.25 bits per heavy atom. The van der Waals surface area contributed by atoms with Gasteiger partial charge in [-0.1, -0.05) is 34.8 Å². The van der Waals surface area contributed by atoms with Crippen LogP contribution in [0.5, 0.6) is 0 Å². The summed E-state index contributed by atoms with van der Waals surface area (Å²) in [5, 5.41) is 13.9. The van der Waals surface area contributed by atoms with Crippen molar-refractivity contribution in [2.45, 2.75) is 3.79 Å². The van der Waals surface area contributed by atoms with E-state index in [0.29, 0.717) is 10.6 Å². The standard InChI is InChI=1S/C9H5Cl3N2OS/c10-9(11,12)7(15)1-3-14-8-6(5-13)2-4-16-8/h1-4,14H/b3-1-. The second-order valence-corrected chi connectivity index (χ2v) is 5.81. The van der Waals surface area contributed by atoms with Crippen LogP contribution < -0.4 is 5.32 Å². The highest BCUT2D eigenvalue weighted by molar-refractivity contribution is 7.14. The van der Waals surface area contributed by atoms with Gasteiger partial charge in [-0.05, 0) is 11.4 Å². The van der Waals surface area contributed by atoms with Crippen molar-refractivity contribution in [3.05, 3.63) is 29.3 Å². The summed E-state index contributed by atoms with van der Waals surface area (Å²) in [5.41, 5.74) is 0.496. The molecule has 0 radical (unpaired) electrons. The van der Waals surface area contributed by atoms with Gasteiger partial charge in [0.2, 0.25) is 5.78 Å². The Balaban J connectivity index is 2.63. The van der Waals surface area contributed by atoms with Gasteiger partial charge < -0.3 is 5.32 Å². The van der Waals surface area contributed by atoms with Crippen molar-refractivity contribution >= 4 is 56.9 Å². The number of allylic oxidation sites excluding steroid dienone is 1. The molecular formula is C9H5Cl3N2OS. The van der Waals surface area contributed by atoms with Crippen LogP contribution >= 0.6 is 46.1 Å². The van der Waals surface area contributed by atoms with Gasteiger partial charge >= 0.3 is 0 Å². The zero-order chi connectivity index (χ0) is 12.2. The minimum absolute atomic E-state index is 0.496. The van der Waals surface area contributed by atoms with Gasteiger partial charge in [-0.15, -0.1) is 11.3 Å². The fourth-order valence-electron chi connectivity index (χ4n) is 0.797. The number of hydrogen-bond donors (Lipinski definition) is 1. The lowest BCUT2D eigenvalue weighted by Gasteiger charge is -2.04. The average Bonchev–Trinajstić information content (AvgIpc) is 2.63. The smallest absolute Gasteiger partial charge is 0.252 e. The Labute approximate surface area is 111 Å². The van der Waals surface area contributed by atoms with Gasteiger partial charge in [0.1, 0.15) is 11.1 Å². The lowest BCUT2D eigenvalue weighted by atomic mass is 10.3. The Hall–Kier alpha value is -0.730. The first-order valence-electron chi connectivity index (χ1n) is 3.97. The quantitative estimate of drug-likeness (QED) is 0.686. The average molecular weight is 296 g/mol. The van der Waals surface area contributed by atoms with E-state index in [9.17, 15) is 4.79 Å². The maximum atomic E-state index is 11.2. The van der Waals surface area contributed by atoms with E-state index in [1.165, 1.54) is 17.5 Å². The van der Waals surface area contributed by atoms with E-state index in [0.717, 1.165) is 6.08 Å². The Bertz CT molecular complexity index is 456. The van der Waals surface area contributed by atoms with Crippen molar-refractivity contribution in [3.8, 4) is 6.07 Å². The van der Waals surface area contributed by atoms with Gasteiger partial charge in [-0.2, -0.15) is 5.26 Å². The number of alkyl halides is 3. The third-order valence-corrected chi connectivity index (χ3v) is 2.92. The van der Waals surface area contributed by atoms with E-state index in [1.54, 1.807) is 11.4 Å². The first kappa shape index (κ1) is 13.3. The van der Waals surface area contributed by atoms with Gasteiger partial charge in [-0.25, -0.2) is 0 Å². The molecule has 0 aliphatic rings. The number of carbonyl (C=O) groups is 1. The molecule has 0 aliphatic heterocycles. The van der Waals surface area contributed by atoms with E-state index >= 15 is 0 Å². The van der Waals surface area contributed by atoms with Crippen LogP contribution in [0.2, 0.25) is 0 Å². The van der Waals surface area contributed by atoms with Crippen LogP contribution in [0.15, 0.2) is 23.7 Å². The van der Waals surface area contributed by atoms with Crippen molar-refractivity contribution in [2.75, 3.05) is 5.32 Å². The van der Waals surface area contributed by atoms with Crippen LogP contribution in [0.1, 0.15) is 5.56 Å². The minimum atomic E-state index is -1.95. The fraction of sp³-hybridized carbons (Fsp3) is 0.111. The molecular weight excluding hydrogens is 291 g/mol. The summed E-state index contributed by atoms with van der Waals surface area (Å²) in [6, 6.07) is 3.66. The van der Waals surface area contributed by atoms with Crippen LogP contribution in [0, 0.1) is 11.3 Å². The normalized spacial score (nSPS) is 11.4. The minimum Gasteiger partial charge on any atom is -0.352 e. The van der Waals surface area contributed by atoms with E-state index in [2.05, 4.69) is 5.32 Å². The maximum absolute atomic E-state index is 11.2. The number of thiophene rings is 1. The summed E-state index contributed by atoms with van der Waals surface area (Å²) in [6.45, 7) is 0. The van der Waals surface area contributed by atoms with Crippen LogP contribution in [-0.2, 0) is 4.79 Å².